The van der Waals surface area contributed by atoms with Crippen LogP contribution >= 0.6 is 0 Å². The summed E-state index contributed by atoms with van der Waals surface area (Å²) in [5.74, 6) is 0. The maximum absolute atomic E-state index is 11.8. The summed E-state index contributed by atoms with van der Waals surface area (Å²) in [5, 5.41) is 19.0. The van der Waals surface area contributed by atoms with Crippen LogP contribution in [0.3, 0.4) is 0 Å². The van der Waals surface area contributed by atoms with Gasteiger partial charge < -0.3 is 59.7 Å². The normalized spacial score (nSPS) is 10.3. The molecule has 0 heterocycles. The number of rotatable bonds is 32. The van der Waals surface area contributed by atoms with Gasteiger partial charge >= 0.3 is 24.2 Å². The molecule has 0 bridgehead atoms. The SMILES string of the molecule is C=COCCOOCNc1ccc(Cc2ccc(NC(=O)OCCOC=C)cc2)cc1.C=COCNC(=O)Nc1ccc(C(C)(C)c2ccc(NC(=O)NCOC=C)cc2)cc1.C=COCOC(=O)Nc1ccc(C(C)(C)c2ccc(C=C)cc2)cc1. The Bertz CT molecular complexity index is 3010. The Hall–Kier alpha value is -10.4. The topological polar surface area (TPSA) is 236 Å². The number of benzene rings is 6. The molecule has 20 heteroatoms. The highest BCUT2D eigenvalue weighted by Crippen LogP contribution is 2.34. The van der Waals surface area contributed by atoms with E-state index in [-0.39, 0.29) is 63.1 Å². The number of hydrogen-bond acceptors (Lipinski definition) is 14. The molecular weight excluding hydrogens is 1110 g/mol. The minimum absolute atomic E-state index is 0.0512. The van der Waals surface area contributed by atoms with Crippen LogP contribution in [0.5, 0.6) is 0 Å². The van der Waals surface area contributed by atoms with Crippen molar-refractivity contribution in [2.24, 2.45) is 0 Å². The first-order valence-corrected chi connectivity index (χ1v) is 27.4. The van der Waals surface area contributed by atoms with Crippen LogP contribution in [0.25, 0.3) is 6.08 Å². The molecular formula is C67H79N7O13. The third-order valence-corrected chi connectivity index (χ3v) is 12.6. The number of urea groups is 2. The predicted molar refractivity (Wildman–Crippen MR) is 341 cm³/mol. The minimum atomic E-state index is -0.575. The highest BCUT2D eigenvalue weighted by Gasteiger charge is 2.24. The van der Waals surface area contributed by atoms with Gasteiger partial charge in [-0.05, 0) is 106 Å². The van der Waals surface area contributed by atoms with Crippen LogP contribution in [-0.4, -0.2) is 77.7 Å². The third kappa shape index (κ3) is 25.9. The van der Waals surface area contributed by atoms with Crippen molar-refractivity contribution in [2.75, 3.05) is 80.0 Å². The zero-order valence-corrected chi connectivity index (χ0v) is 49.7. The molecule has 0 aromatic heterocycles. The van der Waals surface area contributed by atoms with Crippen LogP contribution in [0.2, 0.25) is 0 Å². The molecule has 0 fully saturated rings. The summed E-state index contributed by atoms with van der Waals surface area (Å²) in [7, 11) is 0. The number of ether oxygens (including phenoxy) is 7. The quantitative estimate of drug-likeness (QED) is 0.00684. The van der Waals surface area contributed by atoms with E-state index in [4.69, 9.17) is 42.9 Å². The van der Waals surface area contributed by atoms with E-state index in [1.54, 1.807) is 0 Å². The fourth-order valence-electron chi connectivity index (χ4n) is 7.73. The molecule has 0 aliphatic heterocycles. The summed E-state index contributed by atoms with van der Waals surface area (Å²) < 4.78 is 34.1. The highest BCUT2D eigenvalue weighted by molar-refractivity contribution is 5.90. The second-order valence-electron chi connectivity index (χ2n) is 19.2. The lowest BCUT2D eigenvalue weighted by atomic mass is 9.78. The summed E-state index contributed by atoms with van der Waals surface area (Å²) in [6.07, 6.45) is 7.89. The van der Waals surface area contributed by atoms with E-state index in [0.717, 1.165) is 45.5 Å². The first-order valence-electron chi connectivity index (χ1n) is 27.4. The number of nitrogens with one attached hydrogen (secondary N) is 7. The molecule has 460 valence electrons. The van der Waals surface area contributed by atoms with E-state index in [0.29, 0.717) is 36.0 Å². The van der Waals surface area contributed by atoms with E-state index in [1.165, 1.54) is 36.9 Å². The Morgan fingerprint density at radius 1 is 0.391 bits per heavy atom. The second kappa shape index (κ2) is 38.4. The van der Waals surface area contributed by atoms with E-state index < -0.39 is 12.2 Å². The fourth-order valence-corrected chi connectivity index (χ4v) is 7.73. The molecule has 6 rings (SSSR count). The van der Waals surface area contributed by atoms with Crippen molar-refractivity contribution < 1.29 is 62.1 Å². The molecule has 87 heavy (non-hydrogen) atoms. The van der Waals surface area contributed by atoms with Gasteiger partial charge in [0.05, 0.1) is 31.3 Å². The van der Waals surface area contributed by atoms with Gasteiger partial charge in [-0.15, -0.1) is 0 Å². The lowest BCUT2D eigenvalue weighted by Crippen LogP contribution is -2.30. The fraction of sp³-hybridized carbons (Fsp3) is 0.224. The maximum Gasteiger partial charge on any atom is 0.414 e. The Balaban J connectivity index is 0.000000281. The highest BCUT2D eigenvalue weighted by atomic mass is 17.2. The number of hydrogen-bond donors (Lipinski definition) is 7. The Kier molecular flexibility index (Phi) is 30.5. The van der Waals surface area contributed by atoms with Crippen molar-refractivity contribution in [1.82, 2.24) is 10.6 Å². The monoisotopic (exact) mass is 1190 g/mol. The average molecular weight is 1190 g/mol. The van der Waals surface area contributed by atoms with Crippen LogP contribution in [0.4, 0.5) is 47.6 Å². The van der Waals surface area contributed by atoms with Crippen molar-refractivity contribution in [3.8, 4) is 0 Å². The number of carbonyl (C=O) groups excluding carboxylic acids is 4. The van der Waals surface area contributed by atoms with Crippen LogP contribution in [0, 0.1) is 0 Å². The van der Waals surface area contributed by atoms with Gasteiger partial charge in [0.25, 0.3) is 0 Å². The average Bonchev–Trinajstić information content (AvgIpc) is 2.22. The molecule has 7 N–H and O–H groups in total. The van der Waals surface area contributed by atoms with Gasteiger partial charge in [-0.25, -0.2) is 29.0 Å². The summed E-state index contributed by atoms with van der Waals surface area (Å²) in [6.45, 7) is 30.7. The molecule has 0 aliphatic rings. The lowest BCUT2D eigenvalue weighted by Gasteiger charge is -2.26. The molecule has 0 saturated carbocycles. The molecule has 0 radical (unpaired) electrons. The molecule has 6 amide bonds. The zero-order valence-electron chi connectivity index (χ0n) is 49.7. The largest absolute Gasteiger partial charge is 0.499 e. The summed E-state index contributed by atoms with van der Waals surface area (Å²) in [5.41, 5.74) is 11.0. The van der Waals surface area contributed by atoms with Gasteiger partial charge in [0.2, 0.25) is 6.79 Å². The van der Waals surface area contributed by atoms with Crippen LogP contribution < -0.4 is 37.2 Å². The predicted octanol–water partition coefficient (Wildman–Crippen LogP) is 14.3. The smallest absolute Gasteiger partial charge is 0.414 e. The zero-order chi connectivity index (χ0) is 63.1. The van der Waals surface area contributed by atoms with Crippen molar-refractivity contribution in [2.45, 2.75) is 44.9 Å². The van der Waals surface area contributed by atoms with E-state index in [1.807, 2.05) is 127 Å². The summed E-state index contributed by atoms with van der Waals surface area (Å²) in [4.78, 5) is 56.8. The Morgan fingerprint density at radius 2 is 0.759 bits per heavy atom. The molecule has 20 nitrogen and oxygen atoms in total. The number of anilines is 5. The minimum Gasteiger partial charge on any atom is -0.499 e. The van der Waals surface area contributed by atoms with Gasteiger partial charge in [0.1, 0.15) is 26.4 Å². The molecule has 6 aromatic carbocycles. The molecule has 0 unspecified atom stereocenters. The Morgan fingerprint density at radius 3 is 1.17 bits per heavy atom. The molecule has 6 aromatic rings. The van der Waals surface area contributed by atoms with Crippen molar-refractivity contribution in [1.29, 1.82) is 0 Å². The van der Waals surface area contributed by atoms with E-state index in [2.05, 4.69) is 129 Å². The first kappa shape index (κ1) is 69.1. The number of amides is 6. The van der Waals surface area contributed by atoms with Gasteiger partial charge in [0, 0.05) is 39.3 Å². The first-order chi connectivity index (χ1) is 42.0. The summed E-state index contributed by atoms with van der Waals surface area (Å²) in [6, 6.07) is 46.2. The van der Waals surface area contributed by atoms with Crippen LogP contribution in [-0.2, 0) is 60.2 Å². The lowest BCUT2D eigenvalue weighted by molar-refractivity contribution is -0.292. The molecule has 0 atom stereocenters. The van der Waals surface area contributed by atoms with Gasteiger partial charge in [0.15, 0.2) is 20.2 Å². The standard InChI is InChI=1S/C23H28N4O4.C23H28N2O6.C21H23NO3/c1-5-30-15-24-21(28)26-19-11-7-17(8-12-19)23(3,4)18-9-13-20(14-10-18)27-22(29)25-16-31-6-2;1-3-27-13-15-29-23(26)25-22-11-7-20(8-12-22)17-19-5-9-21(10-6-19)24-18-31-30-16-14-28-4-2;1-5-16-7-9-17(10-8-16)21(3,4)18-11-13-19(14-12-18)22-20(23)25-15-24-6-2/h5-14H,1-2,15-16H2,3-4H3,(H2,24,26,28)(H2,25,27,29);3-12,24H,1-2,13-18H2,(H,25,26);5-14H,1-2,15H2,3-4H3,(H,22,23). The number of carbonyl (C=O) groups is 4. The maximum atomic E-state index is 11.8. The molecule has 0 spiro atoms. The van der Waals surface area contributed by atoms with Crippen LogP contribution in [0.15, 0.2) is 216 Å². The molecule has 0 aliphatic carbocycles. The van der Waals surface area contributed by atoms with E-state index in [9.17, 15) is 19.2 Å². The van der Waals surface area contributed by atoms with Crippen molar-refractivity contribution >= 4 is 58.8 Å². The van der Waals surface area contributed by atoms with Crippen molar-refractivity contribution in [3.63, 3.8) is 0 Å². The third-order valence-electron chi connectivity index (χ3n) is 12.6. The second-order valence-corrected chi connectivity index (χ2v) is 19.2. The van der Waals surface area contributed by atoms with Gasteiger partial charge in [-0.2, -0.15) is 0 Å². The molecule has 0 saturated heterocycles. The Labute approximate surface area is 509 Å². The van der Waals surface area contributed by atoms with Gasteiger partial charge in [-0.3, -0.25) is 10.6 Å². The van der Waals surface area contributed by atoms with Gasteiger partial charge in [-0.1, -0.05) is 158 Å². The van der Waals surface area contributed by atoms with Crippen LogP contribution in [0.1, 0.15) is 66.6 Å². The summed E-state index contributed by atoms with van der Waals surface area (Å²) >= 11 is 0. The van der Waals surface area contributed by atoms with E-state index >= 15 is 0 Å². The van der Waals surface area contributed by atoms with Crippen molar-refractivity contribution in [3.05, 3.63) is 255 Å².